The van der Waals surface area contributed by atoms with E-state index in [4.69, 9.17) is 0 Å². The zero-order valence-electron chi connectivity index (χ0n) is 19.6. The molecule has 0 bridgehead atoms. The van der Waals surface area contributed by atoms with E-state index in [-0.39, 0.29) is 23.1 Å². The predicted molar refractivity (Wildman–Crippen MR) is 141 cm³/mol. The van der Waals surface area contributed by atoms with Crippen LogP contribution in [0.4, 0.5) is 5.69 Å². The van der Waals surface area contributed by atoms with E-state index in [1.54, 1.807) is 41.0 Å². The molecule has 0 fully saturated rings. The van der Waals surface area contributed by atoms with E-state index < -0.39 is 0 Å². The first-order valence-electron chi connectivity index (χ1n) is 11.4. The summed E-state index contributed by atoms with van der Waals surface area (Å²) < 4.78 is 1.55. The molecule has 1 aromatic heterocycles. The number of hydrogen-bond acceptors (Lipinski definition) is 5. The molecule has 0 aliphatic carbocycles. The summed E-state index contributed by atoms with van der Waals surface area (Å²) >= 11 is 1.19. The fraction of sp³-hybridized carbons (Fsp3) is 0.185. The number of hydrogen-bond donors (Lipinski definition) is 2. The van der Waals surface area contributed by atoms with Gasteiger partial charge in [-0.3, -0.25) is 19.0 Å². The number of aryl methyl sites for hydroxylation is 1. The Bertz CT molecular complexity index is 1430. The molecule has 178 valence electrons. The van der Waals surface area contributed by atoms with Crippen LogP contribution in [0.3, 0.4) is 0 Å². The van der Waals surface area contributed by atoms with Gasteiger partial charge < -0.3 is 10.6 Å². The highest BCUT2D eigenvalue weighted by Crippen LogP contribution is 2.22. The third-order valence-corrected chi connectivity index (χ3v) is 6.36. The minimum Gasteiger partial charge on any atom is -0.352 e. The summed E-state index contributed by atoms with van der Waals surface area (Å²) in [6.45, 7) is 4.44. The average Bonchev–Trinajstić information content (AvgIpc) is 2.88. The Labute approximate surface area is 207 Å². The van der Waals surface area contributed by atoms with Crippen LogP contribution in [0.1, 0.15) is 29.8 Å². The van der Waals surface area contributed by atoms with Gasteiger partial charge in [0.2, 0.25) is 5.91 Å². The van der Waals surface area contributed by atoms with Crippen molar-refractivity contribution in [1.29, 1.82) is 0 Å². The molecule has 0 aliphatic rings. The Morgan fingerprint density at radius 2 is 1.74 bits per heavy atom. The summed E-state index contributed by atoms with van der Waals surface area (Å²) in [4.78, 5) is 42.9. The molecule has 4 aromatic rings. The number of nitrogens with one attached hydrogen (secondary N) is 2. The van der Waals surface area contributed by atoms with E-state index in [0.29, 0.717) is 39.5 Å². The first-order chi connectivity index (χ1) is 17.0. The molecule has 0 aliphatic heterocycles. The molecular weight excluding hydrogens is 460 g/mol. The molecule has 2 amide bonds. The number of nitrogens with zero attached hydrogens (tertiary/aromatic N) is 2. The summed E-state index contributed by atoms with van der Waals surface area (Å²) in [5, 5.41) is 6.51. The van der Waals surface area contributed by atoms with E-state index in [1.165, 1.54) is 17.3 Å². The first-order valence-corrected chi connectivity index (χ1v) is 12.4. The molecule has 0 atom stereocenters. The van der Waals surface area contributed by atoms with E-state index in [2.05, 4.69) is 22.5 Å². The van der Waals surface area contributed by atoms with Crippen molar-refractivity contribution in [2.24, 2.45) is 0 Å². The van der Waals surface area contributed by atoms with E-state index >= 15 is 0 Å². The van der Waals surface area contributed by atoms with Crippen molar-refractivity contribution in [3.63, 3.8) is 0 Å². The lowest BCUT2D eigenvalue weighted by atomic mass is 10.1. The van der Waals surface area contributed by atoms with Gasteiger partial charge in [-0.15, -0.1) is 0 Å². The van der Waals surface area contributed by atoms with Crippen molar-refractivity contribution in [2.45, 2.75) is 25.4 Å². The minimum atomic E-state index is -0.265. The summed E-state index contributed by atoms with van der Waals surface area (Å²) in [7, 11) is 0. The molecule has 3 aromatic carbocycles. The molecule has 35 heavy (non-hydrogen) atoms. The number of anilines is 1. The third kappa shape index (κ3) is 5.60. The van der Waals surface area contributed by atoms with Crippen molar-refractivity contribution >= 4 is 40.2 Å². The molecule has 0 saturated carbocycles. The van der Waals surface area contributed by atoms with Crippen LogP contribution in [0.5, 0.6) is 0 Å². The molecular formula is C27H26N4O3S. The smallest absolute Gasteiger partial charge is 0.266 e. The van der Waals surface area contributed by atoms with E-state index in [1.807, 2.05) is 43.3 Å². The lowest BCUT2D eigenvalue weighted by molar-refractivity contribution is -0.113. The Hall–Kier alpha value is -3.91. The molecule has 1 heterocycles. The van der Waals surface area contributed by atoms with Crippen LogP contribution in [0.2, 0.25) is 0 Å². The molecule has 8 heteroatoms. The molecule has 7 nitrogen and oxygen atoms in total. The number of para-hydroxylation sites is 1. The highest BCUT2D eigenvalue weighted by Gasteiger charge is 2.15. The largest absolute Gasteiger partial charge is 0.352 e. The van der Waals surface area contributed by atoms with Crippen molar-refractivity contribution < 1.29 is 9.59 Å². The Morgan fingerprint density at radius 1 is 0.971 bits per heavy atom. The number of amides is 2. The molecule has 0 radical (unpaired) electrons. The number of fused-ring (bicyclic) bond motifs is 1. The molecule has 0 saturated heterocycles. The SMILES string of the molecule is CCNC(=O)c1cccc(NC(=O)CSc2nc3ccccc3c(=O)n2-c2ccc(CC)cc2)c1. The number of thioether (sulfide) groups is 1. The van der Waals surface area contributed by atoms with Gasteiger partial charge in [0.05, 0.1) is 22.3 Å². The van der Waals surface area contributed by atoms with Crippen molar-refractivity contribution in [2.75, 3.05) is 17.6 Å². The molecule has 0 unspecified atom stereocenters. The van der Waals surface area contributed by atoms with Gasteiger partial charge in [-0.25, -0.2) is 4.98 Å². The second-order valence-electron chi connectivity index (χ2n) is 7.85. The van der Waals surface area contributed by atoms with Crippen LogP contribution in [-0.4, -0.2) is 33.7 Å². The maximum atomic E-state index is 13.4. The van der Waals surface area contributed by atoms with Crippen LogP contribution in [-0.2, 0) is 11.2 Å². The lowest BCUT2D eigenvalue weighted by Crippen LogP contribution is -2.23. The standard InChI is InChI=1S/C27H26N4O3S/c1-3-18-12-14-21(15-13-18)31-26(34)22-10-5-6-11-23(22)30-27(31)35-17-24(32)29-20-9-7-8-19(16-20)25(33)28-4-2/h5-16H,3-4,17H2,1-2H3,(H,28,33)(H,29,32). The van der Waals surface area contributed by atoms with Gasteiger partial charge in [0.1, 0.15) is 0 Å². The zero-order chi connectivity index (χ0) is 24.8. The predicted octanol–water partition coefficient (Wildman–Crippen LogP) is 4.43. The Kier molecular flexibility index (Phi) is 7.62. The number of rotatable bonds is 8. The van der Waals surface area contributed by atoms with Gasteiger partial charge in [0.15, 0.2) is 5.16 Å². The monoisotopic (exact) mass is 486 g/mol. The van der Waals surface area contributed by atoms with E-state index in [9.17, 15) is 14.4 Å². The van der Waals surface area contributed by atoms with Crippen LogP contribution in [0, 0.1) is 0 Å². The van der Waals surface area contributed by atoms with Gasteiger partial charge >= 0.3 is 0 Å². The average molecular weight is 487 g/mol. The second kappa shape index (κ2) is 11.0. The minimum absolute atomic E-state index is 0.0448. The number of aromatic nitrogens is 2. The topological polar surface area (TPSA) is 93.1 Å². The van der Waals surface area contributed by atoms with Crippen LogP contribution in [0.25, 0.3) is 16.6 Å². The van der Waals surface area contributed by atoms with Gasteiger partial charge in [0.25, 0.3) is 11.5 Å². The van der Waals surface area contributed by atoms with Gasteiger partial charge in [-0.05, 0) is 61.4 Å². The fourth-order valence-corrected chi connectivity index (χ4v) is 4.46. The van der Waals surface area contributed by atoms with E-state index in [0.717, 1.165) is 6.42 Å². The molecule has 2 N–H and O–H groups in total. The third-order valence-electron chi connectivity index (χ3n) is 5.43. The van der Waals surface area contributed by atoms with Crippen molar-refractivity contribution in [3.05, 3.63) is 94.3 Å². The number of carbonyl (C=O) groups excluding carboxylic acids is 2. The zero-order valence-corrected chi connectivity index (χ0v) is 20.4. The van der Waals surface area contributed by atoms with Crippen molar-refractivity contribution in [3.8, 4) is 5.69 Å². The Morgan fingerprint density at radius 3 is 2.49 bits per heavy atom. The fourth-order valence-electron chi connectivity index (χ4n) is 3.65. The van der Waals surface area contributed by atoms with Crippen LogP contribution in [0.15, 0.2) is 82.7 Å². The lowest BCUT2D eigenvalue weighted by Gasteiger charge is -2.14. The maximum absolute atomic E-state index is 13.4. The normalized spacial score (nSPS) is 10.8. The van der Waals surface area contributed by atoms with Crippen LogP contribution < -0.4 is 16.2 Å². The number of carbonyl (C=O) groups is 2. The number of benzene rings is 3. The highest BCUT2D eigenvalue weighted by molar-refractivity contribution is 7.99. The molecule has 4 rings (SSSR count). The second-order valence-corrected chi connectivity index (χ2v) is 8.79. The first kappa shape index (κ1) is 24.2. The van der Waals surface area contributed by atoms with Gasteiger partial charge in [-0.1, -0.05) is 49.0 Å². The summed E-state index contributed by atoms with van der Waals surface area (Å²) in [6.07, 6.45) is 0.897. The Balaban J connectivity index is 1.59. The summed E-state index contributed by atoms with van der Waals surface area (Å²) in [6, 6.07) is 21.7. The van der Waals surface area contributed by atoms with Crippen molar-refractivity contribution in [1.82, 2.24) is 14.9 Å². The summed E-state index contributed by atoms with van der Waals surface area (Å²) in [5.41, 5.74) is 3.26. The molecule has 0 spiro atoms. The maximum Gasteiger partial charge on any atom is 0.266 e. The van der Waals surface area contributed by atoms with Crippen LogP contribution >= 0.6 is 11.8 Å². The highest BCUT2D eigenvalue weighted by atomic mass is 32.2. The summed E-state index contributed by atoms with van der Waals surface area (Å²) in [5.74, 6) is -0.418. The quantitative estimate of drug-likeness (QED) is 0.284. The van der Waals surface area contributed by atoms with Gasteiger partial charge in [-0.2, -0.15) is 0 Å². The van der Waals surface area contributed by atoms with Gasteiger partial charge in [0, 0.05) is 17.8 Å².